The average molecular weight is 419 g/mol. The Labute approximate surface area is 181 Å². The lowest BCUT2D eigenvalue weighted by atomic mass is 9.98. The van der Waals surface area contributed by atoms with Crippen molar-refractivity contribution in [1.82, 2.24) is 10.3 Å². The maximum absolute atomic E-state index is 12.2. The van der Waals surface area contributed by atoms with Gasteiger partial charge < -0.3 is 10.1 Å². The molecule has 1 aliphatic rings. The number of hydrogen-bond acceptors (Lipinski definition) is 3. The number of carbonyl (C=O) groups is 1. The van der Waals surface area contributed by atoms with Crippen molar-refractivity contribution in [1.29, 1.82) is 0 Å². The van der Waals surface area contributed by atoms with Crippen LogP contribution in [0.4, 0.5) is 4.79 Å². The molecule has 30 heavy (non-hydrogen) atoms. The fraction of sp³-hybridized carbons (Fsp3) is 0.200. The van der Waals surface area contributed by atoms with E-state index in [4.69, 9.17) is 16.3 Å². The van der Waals surface area contributed by atoms with Crippen LogP contribution >= 0.6 is 11.6 Å². The summed E-state index contributed by atoms with van der Waals surface area (Å²) in [7, 11) is 0. The number of ether oxygens (including phenoxy) is 1. The topological polar surface area (TPSA) is 51.2 Å². The third kappa shape index (κ3) is 4.39. The largest absolute Gasteiger partial charge is 0.449 e. The molecule has 0 aliphatic heterocycles. The van der Waals surface area contributed by atoms with Gasteiger partial charge in [0.05, 0.1) is 0 Å². The number of hydrogen-bond donors (Lipinski definition) is 1. The molecule has 3 aromatic rings. The molecule has 0 atom stereocenters. The van der Waals surface area contributed by atoms with Gasteiger partial charge in [0.1, 0.15) is 11.8 Å². The summed E-state index contributed by atoms with van der Waals surface area (Å²) in [6.45, 7) is 2.71. The van der Waals surface area contributed by atoms with Crippen molar-refractivity contribution in [2.45, 2.75) is 19.3 Å². The van der Waals surface area contributed by atoms with Gasteiger partial charge in [0.15, 0.2) is 0 Å². The van der Waals surface area contributed by atoms with Gasteiger partial charge in [-0.05, 0) is 41.7 Å². The average Bonchev–Trinajstić information content (AvgIpc) is 3.07. The lowest BCUT2D eigenvalue weighted by Crippen LogP contribution is -2.26. The second-order valence-electron chi connectivity index (χ2n) is 7.28. The van der Waals surface area contributed by atoms with Gasteiger partial charge in [-0.25, -0.2) is 9.78 Å². The quantitative estimate of drug-likeness (QED) is 0.395. The molecule has 0 fully saturated rings. The molecule has 0 spiro atoms. The molecule has 1 heterocycles. The number of nitrogens with one attached hydrogen (secondary N) is 1. The lowest BCUT2D eigenvalue weighted by molar-refractivity contribution is 0.143. The monoisotopic (exact) mass is 418 g/mol. The number of carbonyl (C=O) groups excluding carboxylic acids is 1. The number of halogens is 1. The van der Waals surface area contributed by atoms with E-state index in [1.165, 1.54) is 22.3 Å². The molecule has 1 amide bonds. The molecule has 0 radical (unpaired) electrons. The Hall–Kier alpha value is -3.11. The second kappa shape index (κ2) is 9.14. The third-order valence-electron chi connectivity index (χ3n) is 5.24. The number of aryl methyl sites for hydroxylation is 1. The summed E-state index contributed by atoms with van der Waals surface area (Å²) in [5.41, 5.74) is 6.60. The first-order valence-electron chi connectivity index (χ1n) is 10.0. The van der Waals surface area contributed by atoms with Crippen LogP contribution in [0.15, 0.2) is 66.7 Å². The van der Waals surface area contributed by atoms with Gasteiger partial charge in [0.2, 0.25) is 0 Å². The minimum Gasteiger partial charge on any atom is -0.449 e. The number of aromatic nitrogens is 1. The highest BCUT2D eigenvalue weighted by atomic mass is 35.5. The normalized spacial score (nSPS) is 12.6. The van der Waals surface area contributed by atoms with E-state index in [0.29, 0.717) is 24.7 Å². The van der Waals surface area contributed by atoms with Gasteiger partial charge in [0.25, 0.3) is 0 Å². The van der Waals surface area contributed by atoms with E-state index in [1.54, 1.807) is 0 Å². The molecule has 0 unspecified atom stereocenters. The van der Waals surface area contributed by atoms with Gasteiger partial charge in [-0.15, -0.1) is 0 Å². The van der Waals surface area contributed by atoms with Crippen LogP contribution in [0.3, 0.4) is 0 Å². The Kier molecular flexibility index (Phi) is 6.15. The number of fused-ring (bicyclic) bond motifs is 3. The Bertz CT molecular complexity index is 1050. The SMILES string of the molecule is Cc1ccc(C=CCCNC(=O)OCC2c3ccccc3-c3ccccc32)c(Cl)n1. The lowest BCUT2D eigenvalue weighted by Gasteiger charge is -2.14. The van der Waals surface area contributed by atoms with Crippen molar-refractivity contribution < 1.29 is 9.53 Å². The van der Waals surface area contributed by atoms with Gasteiger partial charge >= 0.3 is 6.09 Å². The molecule has 4 rings (SSSR count). The molecular formula is C25H23ClN2O2. The highest BCUT2D eigenvalue weighted by Crippen LogP contribution is 2.44. The molecule has 2 aromatic carbocycles. The van der Waals surface area contributed by atoms with Crippen LogP contribution in [0.2, 0.25) is 5.15 Å². The van der Waals surface area contributed by atoms with Gasteiger partial charge in [-0.1, -0.05) is 78.4 Å². The molecule has 1 aliphatic carbocycles. The van der Waals surface area contributed by atoms with Gasteiger partial charge in [0, 0.05) is 23.7 Å². The van der Waals surface area contributed by atoms with Crippen molar-refractivity contribution >= 4 is 23.8 Å². The van der Waals surface area contributed by atoms with Crippen LogP contribution < -0.4 is 5.32 Å². The molecule has 0 saturated heterocycles. The minimum absolute atomic E-state index is 0.0687. The van der Waals surface area contributed by atoms with Crippen molar-refractivity contribution in [3.8, 4) is 11.1 Å². The summed E-state index contributed by atoms with van der Waals surface area (Å²) in [4.78, 5) is 16.4. The van der Waals surface area contributed by atoms with Crippen molar-refractivity contribution in [3.05, 3.63) is 94.3 Å². The molecule has 0 bridgehead atoms. The summed E-state index contributed by atoms with van der Waals surface area (Å²) < 4.78 is 5.53. The van der Waals surface area contributed by atoms with E-state index in [1.807, 2.05) is 55.5 Å². The first-order valence-corrected chi connectivity index (χ1v) is 10.4. The van der Waals surface area contributed by atoms with E-state index >= 15 is 0 Å². The fourth-order valence-corrected chi connectivity index (χ4v) is 4.04. The number of rotatable bonds is 6. The zero-order valence-corrected chi connectivity index (χ0v) is 17.5. The number of benzene rings is 2. The Morgan fingerprint density at radius 1 is 1.07 bits per heavy atom. The standard InChI is InChI=1S/C25H23ClN2O2/c1-17-13-14-18(24(26)28-17)8-6-7-15-27-25(29)30-16-23-21-11-4-2-9-19(21)20-10-3-5-12-22(20)23/h2-6,8-14,23H,7,15-16H2,1H3,(H,27,29). The number of pyridine rings is 1. The van der Waals surface area contributed by atoms with Crippen LogP contribution in [-0.2, 0) is 4.74 Å². The first kappa shape index (κ1) is 20.2. The van der Waals surface area contributed by atoms with E-state index < -0.39 is 6.09 Å². The molecule has 1 aromatic heterocycles. The van der Waals surface area contributed by atoms with Crippen molar-refractivity contribution in [2.75, 3.05) is 13.2 Å². The molecule has 5 heteroatoms. The summed E-state index contributed by atoms with van der Waals surface area (Å²) in [5, 5.41) is 3.29. The van der Waals surface area contributed by atoms with Crippen LogP contribution in [0.1, 0.15) is 34.7 Å². The summed E-state index contributed by atoms with van der Waals surface area (Å²) in [6, 6.07) is 20.4. The first-order chi connectivity index (χ1) is 14.6. The second-order valence-corrected chi connectivity index (χ2v) is 7.63. The van der Waals surface area contributed by atoms with Crippen LogP contribution in [0, 0.1) is 6.92 Å². The minimum atomic E-state index is -0.403. The molecular weight excluding hydrogens is 396 g/mol. The highest BCUT2D eigenvalue weighted by Gasteiger charge is 2.28. The maximum atomic E-state index is 12.2. The highest BCUT2D eigenvalue weighted by molar-refractivity contribution is 6.30. The summed E-state index contributed by atoms with van der Waals surface area (Å²) >= 11 is 6.12. The van der Waals surface area contributed by atoms with Crippen LogP contribution in [-0.4, -0.2) is 24.2 Å². The Balaban J connectivity index is 1.28. The van der Waals surface area contributed by atoms with Gasteiger partial charge in [-0.3, -0.25) is 0 Å². The van der Waals surface area contributed by atoms with Gasteiger partial charge in [-0.2, -0.15) is 0 Å². The van der Waals surface area contributed by atoms with E-state index in [0.717, 1.165) is 11.3 Å². The maximum Gasteiger partial charge on any atom is 0.407 e. The zero-order valence-electron chi connectivity index (χ0n) is 16.8. The van der Waals surface area contributed by atoms with Crippen molar-refractivity contribution in [2.24, 2.45) is 0 Å². The smallest absolute Gasteiger partial charge is 0.407 e. The predicted octanol–water partition coefficient (Wildman–Crippen LogP) is 5.99. The third-order valence-corrected chi connectivity index (χ3v) is 5.54. The summed E-state index contributed by atoms with van der Waals surface area (Å²) in [6.07, 6.45) is 4.14. The Morgan fingerprint density at radius 3 is 2.40 bits per heavy atom. The number of alkyl carbamates (subject to hydrolysis) is 1. The molecule has 0 saturated carbocycles. The number of amides is 1. The zero-order chi connectivity index (χ0) is 20.9. The van der Waals surface area contributed by atoms with E-state index in [2.05, 4.69) is 34.6 Å². The van der Waals surface area contributed by atoms with E-state index in [9.17, 15) is 4.79 Å². The van der Waals surface area contributed by atoms with Crippen LogP contribution in [0.5, 0.6) is 0 Å². The molecule has 152 valence electrons. The number of nitrogens with zero attached hydrogens (tertiary/aromatic N) is 1. The van der Waals surface area contributed by atoms with Crippen LogP contribution in [0.25, 0.3) is 17.2 Å². The Morgan fingerprint density at radius 2 is 1.73 bits per heavy atom. The summed E-state index contributed by atoms with van der Waals surface area (Å²) in [5.74, 6) is 0.0687. The fourth-order valence-electron chi connectivity index (χ4n) is 3.78. The molecule has 4 nitrogen and oxygen atoms in total. The van der Waals surface area contributed by atoms with E-state index in [-0.39, 0.29) is 5.92 Å². The molecule has 1 N–H and O–H groups in total. The predicted molar refractivity (Wildman–Crippen MR) is 121 cm³/mol. The van der Waals surface area contributed by atoms with Crippen molar-refractivity contribution in [3.63, 3.8) is 0 Å².